The molecule has 0 N–H and O–H groups in total. The number of carbonyl (C=O) groups is 1. The van der Waals surface area contributed by atoms with Crippen LogP contribution < -0.4 is 19.1 Å². The van der Waals surface area contributed by atoms with E-state index in [4.69, 9.17) is 14.2 Å². The Hall–Kier alpha value is -2.89. The summed E-state index contributed by atoms with van der Waals surface area (Å²) in [7, 11) is 4.96. The fourth-order valence-corrected chi connectivity index (χ4v) is 3.73. The Kier molecular flexibility index (Phi) is 7.22. The van der Waals surface area contributed by atoms with Gasteiger partial charge in [-0.05, 0) is 42.7 Å². The van der Waals surface area contributed by atoms with Crippen LogP contribution in [0.3, 0.4) is 0 Å². The van der Waals surface area contributed by atoms with Crippen molar-refractivity contribution in [3.63, 3.8) is 0 Å². The molecular formula is C23H30N2O4. The average molecular weight is 399 g/mol. The van der Waals surface area contributed by atoms with Crippen LogP contribution in [-0.2, 0) is 11.2 Å². The zero-order valence-corrected chi connectivity index (χ0v) is 17.5. The highest BCUT2D eigenvalue weighted by Gasteiger charge is 2.22. The molecule has 1 fully saturated rings. The Morgan fingerprint density at radius 2 is 1.55 bits per heavy atom. The number of nitrogens with zero attached hydrogens (tertiary/aromatic N) is 2. The second-order valence-corrected chi connectivity index (χ2v) is 7.08. The second kappa shape index (κ2) is 10.0. The van der Waals surface area contributed by atoms with Gasteiger partial charge < -0.3 is 24.0 Å². The number of hydrogen-bond donors (Lipinski definition) is 0. The number of anilines is 1. The molecule has 0 saturated carbocycles. The molecule has 0 unspecified atom stereocenters. The van der Waals surface area contributed by atoms with E-state index in [9.17, 15) is 4.79 Å². The first-order valence-electron chi connectivity index (χ1n) is 10.0. The zero-order valence-electron chi connectivity index (χ0n) is 17.5. The van der Waals surface area contributed by atoms with Crippen molar-refractivity contribution in [2.24, 2.45) is 0 Å². The Morgan fingerprint density at radius 1 is 0.862 bits per heavy atom. The fraction of sp³-hybridized carbons (Fsp3) is 0.435. The molecule has 6 heteroatoms. The number of carbonyl (C=O) groups excluding carboxylic acids is 1. The molecule has 2 aromatic rings. The topological polar surface area (TPSA) is 51.2 Å². The lowest BCUT2D eigenvalue weighted by Crippen LogP contribution is -2.48. The molecule has 0 aromatic heterocycles. The minimum atomic E-state index is 0.227. The molecule has 6 nitrogen and oxygen atoms in total. The molecule has 0 bridgehead atoms. The summed E-state index contributed by atoms with van der Waals surface area (Å²) in [4.78, 5) is 16.9. The molecule has 0 spiro atoms. The number of ether oxygens (including phenoxy) is 3. The van der Waals surface area contributed by atoms with Gasteiger partial charge in [0.25, 0.3) is 0 Å². The lowest BCUT2D eigenvalue weighted by molar-refractivity contribution is -0.131. The van der Waals surface area contributed by atoms with Gasteiger partial charge >= 0.3 is 0 Å². The van der Waals surface area contributed by atoms with Crippen molar-refractivity contribution in [2.45, 2.75) is 19.3 Å². The van der Waals surface area contributed by atoms with Gasteiger partial charge in [-0.3, -0.25) is 4.79 Å². The van der Waals surface area contributed by atoms with Gasteiger partial charge in [0.1, 0.15) is 5.75 Å². The second-order valence-electron chi connectivity index (χ2n) is 7.08. The number of rotatable bonds is 8. The van der Waals surface area contributed by atoms with Crippen molar-refractivity contribution in [1.29, 1.82) is 0 Å². The minimum absolute atomic E-state index is 0.227. The minimum Gasteiger partial charge on any atom is -0.495 e. The van der Waals surface area contributed by atoms with Gasteiger partial charge in [-0.1, -0.05) is 18.2 Å². The maximum absolute atomic E-state index is 12.6. The van der Waals surface area contributed by atoms with Crippen LogP contribution >= 0.6 is 0 Å². The lowest BCUT2D eigenvalue weighted by Gasteiger charge is -2.36. The molecule has 1 amide bonds. The first kappa shape index (κ1) is 20.8. The summed E-state index contributed by atoms with van der Waals surface area (Å²) in [5.74, 6) is 2.55. The van der Waals surface area contributed by atoms with Gasteiger partial charge in [-0.2, -0.15) is 0 Å². The maximum Gasteiger partial charge on any atom is 0.222 e. The smallest absolute Gasteiger partial charge is 0.222 e. The van der Waals surface area contributed by atoms with E-state index in [1.54, 1.807) is 21.3 Å². The van der Waals surface area contributed by atoms with E-state index in [2.05, 4.69) is 11.0 Å². The summed E-state index contributed by atoms with van der Waals surface area (Å²) >= 11 is 0. The van der Waals surface area contributed by atoms with E-state index < -0.39 is 0 Å². The molecule has 1 saturated heterocycles. The largest absolute Gasteiger partial charge is 0.495 e. The molecular weight excluding hydrogens is 368 g/mol. The highest BCUT2D eigenvalue weighted by atomic mass is 16.5. The van der Waals surface area contributed by atoms with Crippen molar-refractivity contribution < 1.29 is 19.0 Å². The van der Waals surface area contributed by atoms with Crippen LogP contribution in [0, 0.1) is 0 Å². The molecule has 0 radical (unpaired) electrons. The molecule has 156 valence electrons. The standard InChI is InChI=1S/C23H30N2O4/c1-27-20-9-5-4-8-19(20)24-13-15-25(16-14-24)23(26)10-6-7-18-11-12-21(28-2)22(17-18)29-3/h4-5,8-9,11-12,17H,6-7,10,13-16H2,1-3H3. The van der Waals surface area contributed by atoms with Crippen LogP contribution in [0.5, 0.6) is 17.2 Å². The lowest BCUT2D eigenvalue weighted by atomic mass is 10.1. The maximum atomic E-state index is 12.6. The Balaban J connectivity index is 1.47. The molecule has 29 heavy (non-hydrogen) atoms. The monoisotopic (exact) mass is 398 g/mol. The van der Waals surface area contributed by atoms with E-state index >= 15 is 0 Å². The van der Waals surface area contributed by atoms with Crippen LogP contribution in [0.15, 0.2) is 42.5 Å². The number of para-hydroxylation sites is 2. The summed E-state index contributed by atoms with van der Waals surface area (Å²) < 4.78 is 16.1. The van der Waals surface area contributed by atoms with Crippen LogP contribution in [0.25, 0.3) is 0 Å². The van der Waals surface area contributed by atoms with Gasteiger partial charge in [0.05, 0.1) is 27.0 Å². The van der Waals surface area contributed by atoms with Crippen molar-refractivity contribution in [3.8, 4) is 17.2 Å². The summed E-state index contributed by atoms with van der Waals surface area (Å²) in [6.07, 6.45) is 2.22. The van der Waals surface area contributed by atoms with E-state index in [0.717, 1.165) is 67.5 Å². The third-order valence-electron chi connectivity index (χ3n) is 5.36. The van der Waals surface area contributed by atoms with Crippen molar-refractivity contribution in [2.75, 3.05) is 52.4 Å². The number of amides is 1. The van der Waals surface area contributed by atoms with Crippen LogP contribution in [-0.4, -0.2) is 58.3 Å². The highest BCUT2D eigenvalue weighted by Crippen LogP contribution is 2.29. The van der Waals surface area contributed by atoms with Crippen molar-refractivity contribution in [1.82, 2.24) is 4.90 Å². The summed E-state index contributed by atoms with van der Waals surface area (Å²) in [6, 6.07) is 13.9. The molecule has 3 rings (SSSR count). The Bertz CT molecular complexity index is 816. The van der Waals surface area contributed by atoms with Gasteiger partial charge in [-0.15, -0.1) is 0 Å². The van der Waals surface area contributed by atoms with Crippen LogP contribution in [0.2, 0.25) is 0 Å². The van der Waals surface area contributed by atoms with Gasteiger partial charge in [0.2, 0.25) is 5.91 Å². The number of benzene rings is 2. The summed E-state index contributed by atoms with van der Waals surface area (Å²) in [5.41, 5.74) is 2.24. The Labute approximate surface area is 173 Å². The normalized spacial score (nSPS) is 13.9. The first-order valence-corrected chi connectivity index (χ1v) is 10.0. The molecule has 0 aliphatic carbocycles. The van der Waals surface area contributed by atoms with Crippen LogP contribution in [0.4, 0.5) is 5.69 Å². The van der Waals surface area contributed by atoms with E-state index in [1.807, 2.05) is 41.3 Å². The van der Waals surface area contributed by atoms with E-state index in [1.165, 1.54) is 0 Å². The number of hydrogen-bond acceptors (Lipinski definition) is 5. The number of methoxy groups -OCH3 is 3. The molecule has 1 heterocycles. The van der Waals surface area contributed by atoms with Gasteiger partial charge in [0, 0.05) is 32.6 Å². The molecule has 2 aromatic carbocycles. The molecule has 0 atom stereocenters. The van der Waals surface area contributed by atoms with E-state index in [0.29, 0.717) is 6.42 Å². The van der Waals surface area contributed by atoms with Gasteiger partial charge in [0.15, 0.2) is 11.5 Å². The SMILES string of the molecule is COc1ccc(CCCC(=O)N2CCN(c3ccccc3OC)CC2)cc1OC. The molecule has 1 aliphatic rings. The van der Waals surface area contributed by atoms with Crippen molar-refractivity contribution in [3.05, 3.63) is 48.0 Å². The average Bonchev–Trinajstić information content (AvgIpc) is 2.78. The quantitative estimate of drug-likeness (QED) is 0.682. The predicted molar refractivity (Wildman–Crippen MR) is 114 cm³/mol. The third-order valence-corrected chi connectivity index (χ3v) is 5.36. The highest BCUT2D eigenvalue weighted by molar-refractivity contribution is 5.76. The number of piperazine rings is 1. The molecule has 1 aliphatic heterocycles. The fourth-order valence-electron chi connectivity index (χ4n) is 3.73. The number of aryl methyl sites for hydroxylation is 1. The third kappa shape index (κ3) is 5.13. The summed E-state index contributed by atoms with van der Waals surface area (Å²) in [6.45, 7) is 3.13. The van der Waals surface area contributed by atoms with Crippen molar-refractivity contribution >= 4 is 11.6 Å². The van der Waals surface area contributed by atoms with E-state index in [-0.39, 0.29) is 5.91 Å². The first-order chi connectivity index (χ1) is 14.2. The van der Waals surface area contributed by atoms with Crippen LogP contribution in [0.1, 0.15) is 18.4 Å². The zero-order chi connectivity index (χ0) is 20.6. The Morgan fingerprint density at radius 3 is 2.24 bits per heavy atom. The predicted octanol–water partition coefficient (Wildman–Crippen LogP) is 3.38. The summed E-state index contributed by atoms with van der Waals surface area (Å²) in [5, 5.41) is 0. The van der Waals surface area contributed by atoms with Gasteiger partial charge in [-0.25, -0.2) is 0 Å².